The Labute approximate surface area is 392 Å². The predicted octanol–water partition coefficient (Wildman–Crippen LogP) is 5.30. The number of carbonyl (C=O) groups excluding carboxylic acids is 5. The molecule has 4 aliphatic rings. The lowest BCUT2D eigenvalue weighted by Crippen LogP contribution is -2.61. The molecule has 3 aliphatic heterocycles. The van der Waals surface area contributed by atoms with Crippen molar-refractivity contribution in [1.82, 2.24) is 4.90 Å². The zero-order valence-corrected chi connectivity index (χ0v) is 40.6. The molecule has 0 unspecified atom stereocenters. The van der Waals surface area contributed by atoms with Crippen LogP contribution in [0.4, 0.5) is 0 Å². The summed E-state index contributed by atoms with van der Waals surface area (Å²) >= 11 is 0. The average molecular weight is 930 g/mol. The van der Waals surface area contributed by atoms with Crippen molar-refractivity contribution in [3.05, 3.63) is 47.6 Å². The van der Waals surface area contributed by atoms with Gasteiger partial charge in [0.25, 0.3) is 11.7 Å². The Balaban J connectivity index is 1.67. The molecule has 0 aromatic rings. The van der Waals surface area contributed by atoms with Gasteiger partial charge >= 0.3 is 5.97 Å². The molecule has 1 aliphatic carbocycles. The number of Topliss-reactive ketones (excluding diaryl/α,β-unsaturated/α-hetero) is 3. The number of aliphatic hydroxyl groups excluding tert-OH is 3. The minimum Gasteiger partial charge on any atom is -0.460 e. The number of carbonyl (C=O) groups is 5. The molecule has 372 valence electrons. The third kappa shape index (κ3) is 14.8. The molecule has 1 saturated carbocycles. The summed E-state index contributed by atoms with van der Waals surface area (Å²) in [6.07, 6.45) is 10.9. The molecule has 2 bridgehead atoms. The van der Waals surface area contributed by atoms with Crippen LogP contribution in [0, 0.1) is 29.6 Å². The van der Waals surface area contributed by atoms with Gasteiger partial charge in [-0.3, -0.25) is 19.2 Å². The van der Waals surface area contributed by atoms with Crippen LogP contribution in [-0.4, -0.2) is 143 Å². The van der Waals surface area contributed by atoms with E-state index in [1.807, 2.05) is 19.1 Å². The van der Waals surface area contributed by atoms with Crippen molar-refractivity contribution in [3.8, 4) is 0 Å². The van der Waals surface area contributed by atoms with Gasteiger partial charge in [-0.2, -0.15) is 0 Å². The van der Waals surface area contributed by atoms with Gasteiger partial charge in [-0.1, -0.05) is 64.2 Å². The van der Waals surface area contributed by atoms with E-state index in [1.54, 1.807) is 66.0 Å². The lowest BCUT2D eigenvalue weighted by atomic mass is 9.78. The third-order valence-corrected chi connectivity index (χ3v) is 14.4. The number of cyclic esters (lactones) is 1. The van der Waals surface area contributed by atoms with E-state index in [0.29, 0.717) is 68.9 Å². The molecule has 14 atom stereocenters. The maximum atomic E-state index is 14.4. The summed E-state index contributed by atoms with van der Waals surface area (Å²) < 4.78 is 29.5. The number of nitrogens with zero attached hydrogens (tertiary/aromatic N) is 1. The Morgan fingerprint density at radius 3 is 2.32 bits per heavy atom. The first kappa shape index (κ1) is 55.2. The van der Waals surface area contributed by atoms with Crippen molar-refractivity contribution in [1.29, 1.82) is 0 Å². The summed E-state index contributed by atoms with van der Waals surface area (Å²) in [5.41, 5.74) is 1.00. The van der Waals surface area contributed by atoms with E-state index in [9.17, 15) is 44.4 Å². The van der Waals surface area contributed by atoms with Crippen molar-refractivity contribution in [3.63, 3.8) is 0 Å². The minimum absolute atomic E-state index is 0.0654. The van der Waals surface area contributed by atoms with Gasteiger partial charge in [-0.25, -0.2) is 4.79 Å². The van der Waals surface area contributed by atoms with Crippen LogP contribution in [0.15, 0.2) is 47.6 Å². The van der Waals surface area contributed by atoms with E-state index in [4.69, 9.17) is 23.7 Å². The highest BCUT2D eigenvalue weighted by atomic mass is 16.6. The third-order valence-electron chi connectivity index (χ3n) is 14.4. The molecular weight excluding hydrogens is 851 g/mol. The van der Waals surface area contributed by atoms with Crippen molar-refractivity contribution < 1.29 is 68.1 Å². The Hall–Kier alpha value is -3.41. The van der Waals surface area contributed by atoms with Gasteiger partial charge in [-0.15, -0.1) is 0 Å². The van der Waals surface area contributed by atoms with Gasteiger partial charge in [0.2, 0.25) is 5.79 Å². The fourth-order valence-corrected chi connectivity index (χ4v) is 9.88. The second kappa shape index (κ2) is 26.4. The van der Waals surface area contributed by atoms with Gasteiger partial charge in [0.15, 0.2) is 5.78 Å². The molecule has 0 radical (unpaired) electrons. The number of ketones is 3. The number of amides is 1. The zero-order valence-electron chi connectivity index (χ0n) is 40.6. The topological polar surface area (TPSA) is 216 Å². The molecule has 66 heavy (non-hydrogen) atoms. The van der Waals surface area contributed by atoms with Crippen molar-refractivity contribution in [2.45, 2.75) is 180 Å². The molecule has 4 rings (SSSR count). The van der Waals surface area contributed by atoms with Gasteiger partial charge in [0, 0.05) is 51.4 Å². The van der Waals surface area contributed by atoms with Crippen LogP contribution in [0.1, 0.15) is 125 Å². The predicted molar refractivity (Wildman–Crippen MR) is 247 cm³/mol. The standard InChI is InChI=1S/C51H79NO14/c1-31-16-12-10-9-11-13-17-32(2)45(56)47(63-8)46(57)35(5)26-33(3)41(55)30-43(34(4)27-37-20-22-42(64-25-24-53)44(28-37)62-7)65-50(60)39-18-14-15-23-52(39)49(59)48(58)51(61)36(6)19-21-38(66-51)29-40(31)54/h9-12,16,26,32-34,36-40,42-44,46-47,53-54,57,61H,13-15,17-25,27-30H2,1-8H3/b11-9+,12-10+,31-16+,35-26+/t32-,33-,34-,36-,37+,38+,39+,40+,42-,43+,44-,46-,47+,51-/m1/s1. The Kier molecular flexibility index (Phi) is 22.1. The zero-order chi connectivity index (χ0) is 48.7. The summed E-state index contributed by atoms with van der Waals surface area (Å²) in [4.78, 5) is 71.6. The van der Waals surface area contributed by atoms with E-state index < -0.39 is 77.8 Å². The molecule has 4 N–H and O–H groups in total. The molecular formula is C51H79NO14. The largest absolute Gasteiger partial charge is 0.460 e. The first-order valence-electron chi connectivity index (χ1n) is 24.2. The molecule has 3 heterocycles. The number of aliphatic hydroxyl groups is 4. The number of esters is 1. The lowest BCUT2D eigenvalue weighted by molar-refractivity contribution is -0.265. The van der Waals surface area contributed by atoms with Crippen LogP contribution >= 0.6 is 0 Å². The highest BCUT2D eigenvalue weighted by Crippen LogP contribution is 2.38. The van der Waals surface area contributed by atoms with Crippen molar-refractivity contribution >= 4 is 29.2 Å². The van der Waals surface area contributed by atoms with Crippen LogP contribution < -0.4 is 0 Å². The summed E-state index contributed by atoms with van der Waals surface area (Å²) in [5.74, 6) is -8.19. The Bertz CT molecular complexity index is 1760. The fraction of sp³-hybridized carbons (Fsp3) is 0.745. The Morgan fingerprint density at radius 2 is 1.62 bits per heavy atom. The normalized spacial score (nSPS) is 38.8. The Morgan fingerprint density at radius 1 is 0.879 bits per heavy atom. The first-order valence-corrected chi connectivity index (χ1v) is 24.2. The lowest BCUT2D eigenvalue weighted by Gasteiger charge is -2.42. The average Bonchev–Trinajstić information content (AvgIpc) is 3.30. The van der Waals surface area contributed by atoms with E-state index >= 15 is 0 Å². The number of hydrogen-bond acceptors (Lipinski definition) is 14. The van der Waals surface area contributed by atoms with E-state index in [1.165, 1.54) is 7.11 Å². The van der Waals surface area contributed by atoms with Gasteiger partial charge in [0.05, 0.1) is 37.6 Å². The number of ether oxygens (including phenoxy) is 5. The van der Waals surface area contributed by atoms with Crippen LogP contribution in [-0.2, 0) is 47.7 Å². The fourth-order valence-electron chi connectivity index (χ4n) is 9.88. The summed E-state index contributed by atoms with van der Waals surface area (Å²) in [6, 6.07) is -1.16. The minimum atomic E-state index is -2.48. The molecule has 15 nitrogen and oxygen atoms in total. The highest BCUT2D eigenvalue weighted by molar-refractivity contribution is 6.39. The van der Waals surface area contributed by atoms with Gasteiger partial charge in [-0.05, 0) is 107 Å². The SMILES string of the molecule is CO[C@@H]1C[C@H](C[C@@H](C)[C@@H]2CC(=O)[C@H](C)/C=C(\C)[C@@H](O)[C@@H](OC)C(=O)[C@H](C)CC/C=C/C=C/C=C(\C)[C@@H](O)C[C@@H]3CC[C@@H](C)[C@@](O)(O3)C(=O)C(=O)N3CCCC[C@H]3C(=O)O2)CC[C@H]1OCCO. The van der Waals surface area contributed by atoms with Crippen LogP contribution in [0.5, 0.6) is 0 Å². The first-order chi connectivity index (χ1) is 31.4. The van der Waals surface area contributed by atoms with Crippen LogP contribution in [0.3, 0.4) is 0 Å². The molecule has 0 aromatic carbocycles. The molecule has 2 saturated heterocycles. The van der Waals surface area contributed by atoms with Crippen molar-refractivity contribution in [2.24, 2.45) is 29.6 Å². The maximum absolute atomic E-state index is 14.4. The summed E-state index contributed by atoms with van der Waals surface area (Å²) in [7, 11) is 2.99. The highest BCUT2D eigenvalue weighted by Gasteiger charge is 2.53. The number of methoxy groups -OCH3 is 2. The number of hydrogen-bond donors (Lipinski definition) is 4. The van der Waals surface area contributed by atoms with Crippen LogP contribution in [0.2, 0.25) is 0 Å². The van der Waals surface area contributed by atoms with E-state index in [2.05, 4.69) is 0 Å². The maximum Gasteiger partial charge on any atom is 0.329 e. The van der Waals surface area contributed by atoms with Gasteiger partial charge < -0.3 is 49.0 Å². The molecule has 3 fully saturated rings. The second-order valence-corrected chi connectivity index (χ2v) is 19.4. The van der Waals surface area contributed by atoms with Crippen molar-refractivity contribution in [2.75, 3.05) is 34.0 Å². The quantitative estimate of drug-likeness (QED) is 0.138. The summed E-state index contributed by atoms with van der Waals surface area (Å²) in [5, 5.41) is 43.6. The monoisotopic (exact) mass is 930 g/mol. The molecule has 0 aromatic heterocycles. The summed E-state index contributed by atoms with van der Waals surface area (Å²) in [6.45, 7) is 10.6. The number of rotatable bonds is 8. The molecule has 1 amide bonds. The second-order valence-electron chi connectivity index (χ2n) is 19.4. The van der Waals surface area contributed by atoms with E-state index in [0.717, 1.165) is 11.3 Å². The van der Waals surface area contributed by atoms with Crippen LogP contribution in [0.25, 0.3) is 0 Å². The number of allylic oxidation sites excluding steroid dienone is 6. The molecule has 15 heteroatoms. The number of piperidine rings is 1. The number of fused-ring (bicyclic) bond motifs is 3. The van der Waals surface area contributed by atoms with Gasteiger partial charge in [0.1, 0.15) is 30.1 Å². The smallest absolute Gasteiger partial charge is 0.329 e. The molecule has 0 spiro atoms. The van der Waals surface area contributed by atoms with E-state index in [-0.39, 0.29) is 74.6 Å².